The molecule has 0 spiro atoms. The molecule has 1 aliphatic heterocycles. The highest BCUT2D eigenvalue weighted by molar-refractivity contribution is 9.10. The molecule has 0 aliphatic carbocycles. The molecule has 0 amide bonds. The number of carbonyl (C=O) groups excluding carboxylic acids is 1. The number of methoxy groups -OCH3 is 1. The number of benzene rings is 1. The van der Waals surface area contributed by atoms with Crippen LogP contribution in [0, 0.1) is 0 Å². The summed E-state index contributed by atoms with van der Waals surface area (Å²) in [6.45, 7) is 4.38. The molecule has 1 aromatic rings. The molecule has 1 unspecified atom stereocenters. The molecule has 4 heteroatoms. The number of rotatable bonds is 4. The zero-order valence-corrected chi connectivity index (χ0v) is 13.1. The molecule has 1 aliphatic rings. The highest BCUT2D eigenvalue weighted by Gasteiger charge is 2.31. The molecular formula is C15H20BrNO2. The standard InChI is InChI=1S/C15H20BrNO2/c1-15(19-2)7-4-8-17(11-15)10-14(18)12-5-3-6-13(16)9-12/h3,5-6,9H,4,7-8,10-11H2,1-2H3. The van der Waals surface area contributed by atoms with E-state index in [0.29, 0.717) is 6.54 Å². The Labute approximate surface area is 123 Å². The number of halogens is 1. The molecule has 1 fully saturated rings. The maximum atomic E-state index is 12.3. The third kappa shape index (κ3) is 3.88. The number of ketones is 1. The van der Waals surface area contributed by atoms with E-state index in [2.05, 4.69) is 27.8 Å². The Morgan fingerprint density at radius 1 is 1.53 bits per heavy atom. The van der Waals surface area contributed by atoms with Crippen molar-refractivity contribution < 1.29 is 9.53 Å². The van der Waals surface area contributed by atoms with Crippen LogP contribution in [0.25, 0.3) is 0 Å². The van der Waals surface area contributed by atoms with Crippen LogP contribution in [-0.2, 0) is 4.74 Å². The van der Waals surface area contributed by atoms with Gasteiger partial charge in [-0.25, -0.2) is 0 Å². The van der Waals surface area contributed by atoms with E-state index in [1.807, 2.05) is 24.3 Å². The summed E-state index contributed by atoms with van der Waals surface area (Å²) in [7, 11) is 1.75. The van der Waals surface area contributed by atoms with Crippen LogP contribution < -0.4 is 0 Å². The number of piperidine rings is 1. The van der Waals surface area contributed by atoms with Crippen molar-refractivity contribution in [3.8, 4) is 0 Å². The van der Waals surface area contributed by atoms with E-state index < -0.39 is 0 Å². The first kappa shape index (κ1) is 14.7. The van der Waals surface area contributed by atoms with Gasteiger partial charge in [0.2, 0.25) is 0 Å². The van der Waals surface area contributed by atoms with Gasteiger partial charge in [0, 0.05) is 23.7 Å². The maximum Gasteiger partial charge on any atom is 0.176 e. The highest BCUT2D eigenvalue weighted by Crippen LogP contribution is 2.24. The van der Waals surface area contributed by atoms with Crippen molar-refractivity contribution in [3.63, 3.8) is 0 Å². The molecule has 0 aromatic heterocycles. The normalized spacial score (nSPS) is 24.4. The maximum absolute atomic E-state index is 12.3. The second kappa shape index (κ2) is 6.16. The first-order valence-electron chi connectivity index (χ1n) is 6.59. The van der Waals surface area contributed by atoms with Crippen LogP contribution in [0.2, 0.25) is 0 Å². The van der Waals surface area contributed by atoms with Crippen molar-refractivity contribution in [2.75, 3.05) is 26.7 Å². The summed E-state index contributed by atoms with van der Waals surface area (Å²) in [5, 5.41) is 0. The predicted molar refractivity (Wildman–Crippen MR) is 79.6 cm³/mol. The van der Waals surface area contributed by atoms with Gasteiger partial charge < -0.3 is 4.74 Å². The van der Waals surface area contributed by atoms with Gasteiger partial charge in [0.25, 0.3) is 0 Å². The van der Waals surface area contributed by atoms with Crippen LogP contribution in [0.5, 0.6) is 0 Å². The lowest BCUT2D eigenvalue weighted by molar-refractivity contribution is -0.0485. The molecule has 0 radical (unpaired) electrons. The summed E-state index contributed by atoms with van der Waals surface area (Å²) in [6.07, 6.45) is 2.14. The molecule has 0 bridgehead atoms. The molecule has 1 atom stereocenters. The molecule has 1 saturated heterocycles. The van der Waals surface area contributed by atoms with Crippen molar-refractivity contribution in [1.82, 2.24) is 4.90 Å². The van der Waals surface area contributed by atoms with Gasteiger partial charge in [-0.1, -0.05) is 28.1 Å². The van der Waals surface area contributed by atoms with E-state index >= 15 is 0 Å². The molecule has 19 heavy (non-hydrogen) atoms. The van der Waals surface area contributed by atoms with Crippen molar-refractivity contribution in [2.45, 2.75) is 25.4 Å². The second-order valence-electron chi connectivity index (χ2n) is 5.40. The Morgan fingerprint density at radius 3 is 3.00 bits per heavy atom. The van der Waals surface area contributed by atoms with E-state index in [9.17, 15) is 4.79 Å². The fourth-order valence-corrected chi connectivity index (χ4v) is 2.96. The number of hydrogen-bond acceptors (Lipinski definition) is 3. The van der Waals surface area contributed by atoms with Crippen LogP contribution in [0.1, 0.15) is 30.1 Å². The first-order chi connectivity index (χ1) is 9.02. The second-order valence-corrected chi connectivity index (χ2v) is 6.32. The van der Waals surface area contributed by atoms with Gasteiger partial charge in [-0.2, -0.15) is 0 Å². The molecular weight excluding hydrogens is 306 g/mol. The minimum atomic E-state index is -0.115. The van der Waals surface area contributed by atoms with Crippen molar-refractivity contribution >= 4 is 21.7 Å². The predicted octanol–water partition coefficient (Wildman–Crippen LogP) is 3.13. The van der Waals surface area contributed by atoms with E-state index in [0.717, 1.165) is 36.0 Å². The summed E-state index contributed by atoms with van der Waals surface area (Å²) >= 11 is 3.40. The van der Waals surface area contributed by atoms with Crippen molar-refractivity contribution in [2.24, 2.45) is 0 Å². The van der Waals surface area contributed by atoms with Gasteiger partial charge in [0.05, 0.1) is 12.1 Å². The highest BCUT2D eigenvalue weighted by atomic mass is 79.9. The van der Waals surface area contributed by atoms with Gasteiger partial charge >= 0.3 is 0 Å². The summed E-state index contributed by atoms with van der Waals surface area (Å²) in [5.74, 6) is 0.168. The van der Waals surface area contributed by atoms with Crippen LogP contribution >= 0.6 is 15.9 Å². The van der Waals surface area contributed by atoms with Crippen LogP contribution in [-0.4, -0.2) is 43.0 Å². The number of ether oxygens (including phenoxy) is 1. The third-order valence-electron chi connectivity index (χ3n) is 3.74. The van der Waals surface area contributed by atoms with E-state index in [1.165, 1.54) is 0 Å². The molecule has 1 aromatic carbocycles. The van der Waals surface area contributed by atoms with Crippen molar-refractivity contribution in [3.05, 3.63) is 34.3 Å². The first-order valence-corrected chi connectivity index (χ1v) is 7.38. The molecule has 1 heterocycles. The number of likely N-dealkylation sites (tertiary alicyclic amines) is 1. The fourth-order valence-electron chi connectivity index (χ4n) is 2.57. The van der Waals surface area contributed by atoms with Crippen molar-refractivity contribution in [1.29, 1.82) is 0 Å². The molecule has 0 saturated carbocycles. The fraction of sp³-hybridized carbons (Fsp3) is 0.533. The average molecular weight is 326 g/mol. The zero-order valence-electron chi connectivity index (χ0n) is 11.5. The Bertz CT molecular complexity index is 463. The minimum absolute atomic E-state index is 0.115. The van der Waals surface area contributed by atoms with Gasteiger partial charge in [-0.15, -0.1) is 0 Å². The van der Waals surface area contributed by atoms with E-state index in [-0.39, 0.29) is 11.4 Å². The molecule has 3 nitrogen and oxygen atoms in total. The molecule has 104 valence electrons. The summed E-state index contributed by atoms with van der Waals surface area (Å²) in [5.41, 5.74) is 0.648. The summed E-state index contributed by atoms with van der Waals surface area (Å²) in [4.78, 5) is 14.5. The number of nitrogens with zero attached hydrogens (tertiary/aromatic N) is 1. The van der Waals surface area contributed by atoms with Gasteiger partial charge in [0.1, 0.15) is 0 Å². The lowest BCUT2D eigenvalue weighted by Gasteiger charge is -2.39. The number of carbonyl (C=O) groups is 1. The molecule has 2 rings (SSSR count). The van der Waals surface area contributed by atoms with E-state index in [4.69, 9.17) is 4.74 Å². The van der Waals surface area contributed by atoms with Gasteiger partial charge in [-0.05, 0) is 38.4 Å². The topological polar surface area (TPSA) is 29.5 Å². The minimum Gasteiger partial charge on any atom is -0.377 e. The number of hydrogen-bond donors (Lipinski definition) is 0. The summed E-state index contributed by atoms with van der Waals surface area (Å²) in [6, 6.07) is 7.57. The van der Waals surface area contributed by atoms with Crippen LogP contribution in [0.3, 0.4) is 0 Å². The monoisotopic (exact) mass is 325 g/mol. The Balaban J connectivity index is 1.99. The summed E-state index contributed by atoms with van der Waals surface area (Å²) < 4.78 is 6.50. The molecule has 0 N–H and O–H groups in total. The van der Waals surface area contributed by atoms with Crippen LogP contribution in [0.15, 0.2) is 28.7 Å². The SMILES string of the molecule is COC1(C)CCCN(CC(=O)c2cccc(Br)c2)C1. The largest absolute Gasteiger partial charge is 0.377 e. The smallest absolute Gasteiger partial charge is 0.176 e. The number of Topliss-reactive ketones (excluding diaryl/α,β-unsaturated/α-hetero) is 1. The van der Waals surface area contributed by atoms with Gasteiger partial charge in [-0.3, -0.25) is 9.69 Å². The Morgan fingerprint density at radius 2 is 2.32 bits per heavy atom. The Hall–Kier alpha value is -0.710. The van der Waals surface area contributed by atoms with E-state index in [1.54, 1.807) is 7.11 Å². The van der Waals surface area contributed by atoms with Crippen LogP contribution in [0.4, 0.5) is 0 Å². The third-order valence-corrected chi connectivity index (χ3v) is 4.24. The lowest BCUT2D eigenvalue weighted by atomic mass is 9.94. The Kier molecular flexibility index (Phi) is 4.76. The average Bonchev–Trinajstić information content (AvgIpc) is 2.39. The van der Waals surface area contributed by atoms with Gasteiger partial charge in [0.15, 0.2) is 5.78 Å². The quantitative estimate of drug-likeness (QED) is 0.796. The zero-order chi connectivity index (χ0) is 13.9. The lowest BCUT2D eigenvalue weighted by Crippen LogP contribution is -2.48.